The van der Waals surface area contributed by atoms with Gasteiger partial charge in [0.25, 0.3) is 5.91 Å². The maximum Gasteiger partial charge on any atom is 0.254 e. The fraction of sp³-hybridized carbons (Fsp3) is 0.273. The van der Waals surface area contributed by atoms with Gasteiger partial charge in [-0.1, -0.05) is 12.1 Å². The van der Waals surface area contributed by atoms with Crippen LogP contribution in [0.2, 0.25) is 0 Å². The average molecular weight is 388 g/mol. The van der Waals surface area contributed by atoms with Gasteiger partial charge in [0, 0.05) is 56.0 Å². The molecule has 1 amide bonds. The number of anilines is 3. The molecule has 0 spiro atoms. The zero-order valence-electron chi connectivity index (χ0n) is 16.7. The molecule has 0 unspecified atom stereocenters. The summed E-state index contributed by atoms with van der Waals surface area (Å²) in [5.74, 6) is 1.40. The van der Waals surface area contributed by atoms with Crippen LogP contribution in [-0.2, 0) is 0 Å². The van der Waals surface area contributed by atoms with Crippen LogP contribution < -0.4 is 10.2 Å². The molecule has 0 aliphatic carbocycles. The molecule has 4 rings (SSSR count). The molecule has 1 aliphatic heterocycles. The molecule has 1 aromatic carbocycles. The summed E-state index contributed by atoms with van der Waals surface area (Å²) in [7, 11) is 0. The van der Waals surface area contributed by atoms with Gasteiger partial charge >= 0.3 is 0 Å². The number of amides is 1. The number of carbonyl (C=O) groups is 1. The summed E-state index contributed by atoms with van der Waals surface area (Å²) in [5, 5.41) is 3.33. The van der Waals surface area contributed by atoms with Gasteiger partial charge in [0.1, 0.15) is 5.82 Å². The maximum atomic E-state index is 13.0. The van der Waals surface area contributed by atoms with Crippen molar-refractivity contribution >= 4 is 23.4 Å². The molecular formula is C22H24N6O. The normalized spacial score (nSPS) is 14.0. The van der Waals surface area contributed by atoms with Crippen molar-refractivity contribution in [1.29, 1.82) is 0 Å². The zero-order valence-corrected chi connectivity index (χ0v) is 16.7. The van der Waals surface area contributed by atoms with Gasteiger partial charge in [-0.25, -0.2) is 15.0 Å². The molecule has 7 nitrogen and oxygen atoms in total. The standard InChI is InChI=1S/C22H24N6O/c1-16-4-5-17(2)19(14-16)26-20-15-18(6-9-23-20)21(29)27-10-12-28(13-11-27)22-24-7-3-8-25-22/h3-9,14-15H,10-13H2,1-2H3,(H,23,26). The Morgan fingerprint density at radius 3 is 2.45 bits per heavy atom. The van der Waals surface area contributed by atoms with Crippen LogP contribution in [0.15, 0.2) is 55.0 Å². The highest BCUT2D eigenvalue weighted by atomic mass is 16.2. The van der Waals surface area contributed by atoms with Crippen LogP contribution in [0, 0.1) is 13.8 Å². The molecule has 7 heteroatoms. The number of nitrogens with one attached hydrogen (secondary N) is 1. The molecule has 2 aromatic heterocycles. The average Bonchev–Trinajstić information content (AvgIpc) is 2.77. The predicted octanol–water partition coefficient (Wildman–Crippen LogP) is 3.19. The van der Waals surface area contributed by atoms with Crippen molar-refractivity contribution in [3.63, 3.8) is 0 Å². The van der Waals surface area contributed by atoms with Gasteiger partial charge in [-0.15, -0.1) is 0 Å². The number of benzene rings is 1. The second kappa shape index (κ2) is 8.26. The first-order valence-corrected chi connectivity index (χ1v) is 9.72. The molecule has 1 N–H and O–H groups in total. The van der Waals surface area contributed by atoms with E-state index in [0.29, 0.717) is 43.5 Å². The Morgan fingerprint density at radius 2 is 1.69 bits per heavy atom. The summed E-state index contributed by atoms with van der Waals surface area (Å²) in [6, 6.07) is 11.6. The lowest BCUT2D eigenvalue weighted by Gasteiger charge is -2.34. The van der Waals surface area contributed by atoms with Crippen molar-refractivity contribution in [1.82, 2.24) is 19.9 Å². The highest BCUT2D eigenvalue weighted by Gasteiger charge is 2.23. The SMILES string of the molecule is Cc1ccc(C)c(Nc2cc(C(=O)N3CCN(c4ncccn4)CC3)ccn2)c1. The van der Waals surface area contributed by atoms with Crippen LogP contribution in [-0.4, -0.2) is 51.9 Å². The number of pyridine rings is 1. The zero-order chi connectivity index (χ0) is 20.2. The maximum absolute atomic E-state index is 13.0. The summed E-state index contributed by atoms with van der Waals surface area (Å²) < 4.78 is 0. The van der Waals surface area contributed by atoms with Crippen molar-refractivity contribution in [2.24, 2.45) is 0 Å². The number of hydrogen-bond donors (Lipinski definition) is 1. The molecule has 29 heavy (non-hydrogen) atoms. The number of nitrogens with zero attached hydrogens (tertiary/aromatic N) is 5. The largest absolute Gasteiger partial charge is 0.340 e. The number of aromatic nitrogens is 3. The molecule has 3 aromatic rings. The van der Waals surface area contributed by atoms with Gasteiger partial charge in [-0.3, -0.25) is 4.79 Å². The summed E-state index contributed by atoms with van der Waals surface area (Å²) in [6.07, 6.45) is 5.15. The van der Waals surface area contributed by atoms with E-state index in [9.17, 15) is 4.79 Å². The Kier molecular flexibility index (Phi) is 5.37. The molecule has 1 saturated heterocycles. The summed E-state index contributed by atoms with van der Waals surface area (Å²) in [5.41, 5.74) is 3.94. The Hall–Kier alpha value is -3.48. The van der Waals surface area contributed by atoms with Crippen molar-refractivity contribution in [3.05, 3.63) is 71.7 Å². The number of carbonyl (C=O) groups excluding carboxylic acids is 1. The molecule has 0 atom stereocenters. The Morgan fingerprint density at radius 1 is 0.931 bits per heavy atom. The first-order valence-electron chi connectivity index (χ1n) is 9.72. The van der Waals surface area contributed by atoms with Gasteiger partial charge < -0.3 is 15.1 Å². The van der Waals surface area contributed by atoms with Crippen LogP contribution in [0.3, 0.4) is 0 Å². The Balaban J connectivity index is 1.43. The lowest BCUT2D eigenvalue weighted by atomic mass is 10.1. The van der Waals surface area contributed by atoms with E-state index in [1.165, 1.54) is 5.56 Å². The van der Waals surface area contributed by atoms with Gasteiger partial charge in [-0.2, -0.15) is 0 Å². The second-order valence-electron chi connectivity index (χ2n) is 7.20. The molecule has 3 heterocycles. The Bertz CT molecular complexity index is 999. The van der Waals surface area contributed by atoms with Crippen molar-refractivity contribution in [3.8, 4) is 0 Å². The van der Waals surface area contributed by atoms with Crippen LogP contribution in [0.25, 0.3) is 0 Å². The monoisotopic (exact) mass is 388 g/mol. The summed E-state index contributed by atoms with van der Waals surface area (Å²) in [6.45, 7) is 6.81. The van der Waals surface area contributed by atoms with E-state index in [-0.39, 0.29) is 5.91 Å². The highest BCUT2D eigenvalue weighted by Crippen LogP contribution is 2.22. The number of piperazine rings is 1. The number of hydrogen-bond acceptors (Lipinski definition) is 6. The third-order valence-electron chi connectivity index (χ3n) is 5.06. The first-order chi connectivity index (χ1) is 14.1. The Labute approximate surface area is 170 Å². The molecule has 0 radical (unpaired) electrons. The van der Waals surface area contributed by atoms with E-state index in [1.807, 2.05) is 17.9 Å². The van der Waals surface area contributed by atoms with Gasteiger partial charge in [-0.05, 0) is 49.2 Å². The van der Waals surface area contributed by atoms with E-state index in [0.717, 1.165) is 11.3 Å². The smallest absolute Gasteiger partial charge is 0.254 e. The molecule has 148 valence electrons. The van der Waals surface area contributed by atoms with Crippen molar-refractivity contribution in [2.75, 3.05) is 36.4 Å². The molecule has 0 saturated carbocycles. The van der Waals surface area contributed by atoms with Gasteiger partial charge in [0.05, 0.1) is 0 Å². The third kappa shape index (κ3) is 4.34. The van der Waals surface area contributed by atoms with Crippen molar-refractivity contribution < 1.29 is 4.79 Å². The topological polar surface area (TPSA) is 74.2 Å². The molecular weight excluding hydrogens is 364 g/mol. The number of aryl methyl sites for hydroxylation is 2. The second-order valence-corrected chi connectivity index (χ2v) is 7.20. The molecule has 0 bridgehead atoms. The third-order valence-corrected chi connectivity index (χ3v) is 5.06. The van der Waals surface area contributed by atoms with Gasteiger partial charge in [0.2, 0.25) is 5.95 Å². The minimum absolute atomic E-state index is 0.0186. The molecule has 1 aliphatic rings. The van der Waals surface area contributed by atoms with Crippen LogP contribution in [0.4, 0.5) is 17.5 Å². The van der Waals surface area contributed by atoms with E-state index < -0.39 is 0 Å². The minimum atomic E-state index is 0.0186. The predicted molar refractivity (Wildman–Crippen MR) is 114 cm³/mol. The fourth-order valence-electron chi connectivity index (χ4n) is 3.39. The lowest BCUT2D eigenvalue weighted by Crippen LogP contribution is -2.49. The molecule has 1 fully saturated rings. The summed E-state index contributed by atoms with van der Waals surface area (Å²) >= 11 is 0. The van der Waals surface area contributed by atoms with E-state index in [1.54, 1.807) is 30.7 Å². The van der Waals surface area contributed by atoms with Gasteiger partial charge in [0.15, 0.2) is 0 Å². The van der Waals surface area contributed by atoms with E-state index in [2.05, 4.69) is 50.3 Å². The fourth-order valence-corrected chi connectivity index (χ4v) is 3.39. The quantitative estimate of drug-likeness (QED) is 0.740. The van der Waals surface area contributed by atoms with Crippen molar-refractivity contribution in [2.45, 2.75) is 13.8 Å². The highest BCUT2D eigenvalue weighted by molar-refractivity contribution is 5.95. The van der Waals surface area contributed by atoms with Crippen LogP contribution in [0.1, 0.15) is 21.5 Å². The first kappa shape index (κ1) is 18.9. The van der Waals surface area contributed by atoms with E-state index in [4.69, 9.17) is 0 Å². The van der Waals surface area contributed by atoms with E-state index >= 15 is 0 Å². The minimum Gasteiger partial charge on any atom is -0.340 e. The van der Waals surface area contributed by atoms with Crippen LogP contribution >= 0.6 is 0 Å². The number of rotatable bonds is 4. The lowest BCUT2D eigenvalue weighted by molar-refractivity contribution is 0.0746. The van der Waals surface area contributed by atoms with Crippen LogP contribution in [0.5, 0.6) is 0 Å². The summed E-state index contributed by atoms with van der Waals surface area (Å²) in [4.78, 5) is 29.9.